The zero-order valence-electron chi connectivity index (χ0n) is 16.8. The van der Waals surface area contributed by atoms with Gasteiger partial charge in [-0.05, 0) is 44.4 Å². The first-order valence-electron chi connectivity index (χ1n) is 9.81. The number of piperidine rings is 1. The van der Waals surface area contributed by atoms with Crippen molar-refractivity contribution in [3.05, 3.63) is 53.7 Å². The molecule has 0 amide bonds. The Labute approximate surface area is 165 Å². The fraction of sp³-hybridized carbons (Fsp3) is 0.429. The molecule has 3 aromatic heterocycles. The summed E-state index contributed by atoms with van der Waals surface area (Å²) >= 11 is 0. The summed E-state index contributed by atoms with van der Waals surface area (Å²) in [5.41, 5.74) is 5.40. The fourth-order valence-electron chi connectivity index (χ4n) is 3.88. The minimum absolute atomic E-state index is 0.400. The van der Waals surface area contributed by atoms with Gasteiger partial charge in [0, 0.05) is 62.6 Å². The molecule has 0 spiro atoms. The monoisotopic (exact) mass is 377 g/mol. The van der Waals surface area contributed by atoms with Crippen LogP contribution in [0.3, 0.4) is 0 Å². The lowest BCUT2D eigenvalue weighted by atomic mass is 10.0. The smallest absolute Gasteiger partial charge is 0.223 e. The largest absolute Gasteiger partial charge is 0.351 e. The molecule has 0 aromatic carbocycles. The summed E-state index contributed by atoms with van der Waals surface area (Å²) in [6.07, 6.45) is 7.76. The van der Waals surface area contributed by atoms with Gasteiger partial charge in [0.2, 0.25) is 5.95 Å². The summed E-state index contributed by atoms with van der Waals surface area (Å²) < 4.78 is 1.90. The van der Waals surface area contributed by atoms with Crippen molar-refractivity contribution < 1.29 is 0 Å². The van der Waals surface area contributed by atoms with Crippen LogP contribution in [0.15, 0.2) is 36.8 Å². The molecule has 0 unspecified atom stereocenters. The lowest BCUT2D eigenvalue weighted by molar-refractivity contribution is 0.211. The third kappa shape index (κ3) is 4.04. The zero-order valence-corrected chi connectivity index (χ0v) is 16.8. The van der Waals surface area contributed by atoms with E-state index in [0.29, 0.717) is 12.0 Å². The van der Waals surface area contributed by atoms with Crippen LogP contribution in [0.4, 0.5) is 5.95 Å². The highest BCUT2D eigenvalue weighted by molar-refractivity contribution is 5.65. The summed E-state index contributed by atoms with van der Waals surface area (Å²) in [4.78, 5) is 15.9. The number of pyridine rings is 1. The number of nitrogens with one attached hydrogen (secondary N) is 1. The van der Waals surface area contributed by atoms with Crippen molar-refractivity contribution >= 4 is 5.95 Å². The number of aryl methyl sites for hydroxylation is 2. The van der Waals surface area contributed by atoms with Gasteiger partial charge in [0.05, 0.1) is 11.4 Å². The van der Waals surface area contributed by atoms with E-state index >= 15 is 0 Å². The Morgan fingerprint density at radius 2 is 1.96 bits per heavy atom. The van der Waals surface area contributed by atoms with Crippen LogP contribution in [0.1, 0.15) is 29.8 Å². The summed E-state index contributed by atoms with van der Waals surface area (Å²) in [6.45, 7) is 7.18. The predicted molar refractivity (Wildman–Crippen MR) is 110 cm³/mol. The first-order chi connectivity index (χ1) is 13.6. The van der Waals surface area contributed by atoms with E-state index in [1.807, 2.05) is 49.4 Å². The van der Waals surface area contributed by atoms with Crippen molar-refractivity contribution in [1.82, 2.24) is 29.6 Å². The summed E-state index contributed by atoms with van der Waals surface area (Å²) in [6, 6.07) is 6.49. The van der Waals surface area contributed by atoms with Crippen LogP contribution in [-0.4, -0.2) is 48.8 Å². The van der Waals surface area contributed by atoms with Crippen molar-refractivity contribution in [3.63, 3.8) is 0 Å². The summed E-state index contributed by atoms with van der Waals surface area (Å²) in [7, 11) is 1.96. The van der Waals surface area contributed by atoms with E-state index in [9.17, 15) is 0 Å². The Kier molecular flexibility index (Phi) is 5.34. The second kappa shape index (κ2) is 8.06. The average molecular weight is 377 g/mol. The van der Waals surface area contributed by atoms with Gasteiger partial charge in [-0.2, -0.15) is 5.10 Å². The van der Waals surface area contributed by atoms with E-state index in [4.69, 9.17) is 4.98 Å². The van der Waals surface area contributed by atoms with Crippen LogP contribution in [0, 0.1) is 13.8 Å². The number of hydrogen-bond acceptors (Lipinski definition) is 6. The highest BCUT2D eigenvalue weighted by Crippen LogP contribution is 2.25. The second-order valence-corrected chi connectivity index (χ2v) is 7.49. The zero-order chi connectivity index (χ0) is 19.5. The van der Waals surface area contributed by atoms with Gasteiger partial charge < -0.3 is 5.32 Å². The molecule has 0 bridgehead atoms. The number of likely N-dealkylation sites (tertiary alicyclic amines) is 1. The molecule has 1 aliphatic rings. The summed E-state index contributed by atoms with van der Waals surface area (Å²) in [5.74, 6) is 0.700. The minimum atomic E-state index is 0.400. The normalized spacial score (nSPS) is 15.7. The maximum Gasteiger partial charge on any atom is 0.223 e. The van der Waals surface area contributed by atoms with Gasteiger partial charge in [0.15, 0.2) is 0 Å². The van der Waals surface area contributed by atoms with Crippen LogP contribution in [0.5, 0.6) is 0 Å². The first-order valence-corrected chi connectivity index (χ1v) is 9.81. The van der Waals surface area contributed by atoms with Crippen molar-refractivity contribution in [2.75, 3.05) is 18.4 Å². The molecule has 0 radical (unpaired) electrons. The molecular weight excluding hydrogens is 350 g/mol. The quantitative estimate of drug-likeness (QED) is 0.737. The van der Waals surface area contributed by atoms with Gasteiger partial charge in [-0.25, -0.2) is 9.97 Å². The first kappa shape index (κ1) is 18.6. The molecule has 7 heteroatoms. The average Bonchev–Trinajstić information content (AvgIpc) is 2.96. The second-order valence-electron chi connectivity index (χ2n) is 7.49. The van der Waals surface area contributed by atoms with E-state index < -0.39 is 0 Å². The number of nitrogens with zero attached hydrogens (tertiary/aromatic N) is 6. The Morgan fingerprint density at radius 1 is 1.14 bits per heavy atom. The van der Waals surface area contributed by atoms with Crippen molar-refractivity contribution in [2.24, 2.45) is 7.05 Å². The van der Waals surface area contributed by atoms with E-state index in [1.165, 1.54) is 5.56 Å². The molecule has 1 N–H and O–H groups in total. The van der Waals surface area contributed by atoms with E-state index in [0.717, 1.165) is 55.1 Å². The summed E-state index contributed by atoms with van der Waals surface area (Å²) in [5, 5.41) is 8.03. The predicted octanol–water partition coefficient (Wildman–Crippen LogP) is 2.97. The van der Waals surface area contributed by atoms with Crippen molar-refractivity contribution in [1.29, 1.82) is 0 Å². The molecule has 1 aliphatic heterocycles. The number of rotatable bonds is 5. The number of aromatic nitrogens is 5. The highest BCUT2D eigenvalue weighted by atomic mass is 15.3. The minimum Gasteiger partial charge on any atom is -0.351 e. The Morgan fingerprint density at radius 3 is 2.64 bits per heavy atom. The van der Waals surface area contributed by atoms with Crippen molar-refractivity contribution in [2.45, 2.75) is 39.3 Å². The molecule has 4 rings (SSSR count). The molecular formula is C21H27N7. The molecule has 3 aromatic rings. The van der Waals surface area contributed by atoms with Gasteiger partial charge in [-0.1, -0.05) is 6.07 Å². The molecule has 1 fully saturated rings. The van der Waals surface area contributed by atoms with Gasteiger partial charge in [-0.3, -0.25) is 14.6 Å². The number of anilines is 1. The third-order valence-corrected chi connectivity index (χ3v) is 5.47. The van der Waals surface area contributed by atoms with Crippen LogP contribution >= 0.6 is 0 Å². The molecule has 28 heavy (non-hydrogen) atoms. The van der Waals surface area contributed by atoms with Gasteiger partial charge >= 0.3 is 0 Å². The molecule has 0 saturated carbocycles. The molecule has 4 heterocycles. The van der Waals surface area contributed by atoms with E-state index in [-0.39, 0.29) is 0 Å². The lowest BCUT2D eigenvalue weighted by Gasteiger charge is -2.32. The third-order valence-electron chi connectivity index (χ3n) is 5.47. The van der Waals surface area contributed by atoms with E-state index in [2.05, 4.69) is 38.3 Å². The number of hydrogen-bond donors (Lipinski definition) is 1. The van der Waals surface area contributed by atoms with Crippen LogP contribution in [0.25, 0.3) is 11.3 Å². The van der Waals surface area contributed by atoms with E-state index in [1.54, 1.807) is 0 Å². The maximum atomic E-state index is 4.76. The van der Waals surface area contributed by atoms with Gasteiger partial charge in [0.1, 0.15) is 0 Å². The molecule has 146 valence electrons. The van der Waals surface area contributed by atoms with Crippen molar-refractivity contribution in [3.8, 4) is 11.3 Å². The molecule has 0 atom stereocenters. The molecule has 1 saturated heterocycles. The van der Waals surface area contributed by atoms with Crippen LogP contribution < -0.4 is 5.32 Å². The fourth-order valence-corrected chi connectivity index (χ4v) is 3.88. The molecule has 7 nitrogen and oxygen atoms in total. The van der Waals surface area contributed by atoms with Gasteiger partial charge in [0.25, 0.3) is 0 Å². The Hall–Kier alpha value is -2.80. The Balaban J connectivity index is 1.38. The highest BCUT2D eigenvalue weighted by Gasteiger charge is 2.20. The van der Waals surface area contributed by atoms with Crippen LogP contribution in [-0.2, 0) is 13.6 Å². The topological polar surface area (TPSA) is 71.8 Å². The maximum absolute atomic E-state index is 4.76. The van der Waals surface area contributed by atoms with Crippen LogP contribution in [0.2, 0.25) is 0 Å². The Bertz CT molecular complexity index is 927. The standard InChI is InChI=1S/C21H27N7/c1-15-20(16(2)27(3)26-15)19-6-10-23-21(25-19)24-18-7-11-28(12-8-18)14-17-5-4-9-22-13-17/h4-6,9-10,13,18H,7-8,11-12,14H2,1-3H3,(H,23,24,25). The SMILES string of the molecule is Cc1nn(C)c(C)c1-c1ccnc(NC2CCN(Cc3cccnc3)CC2)n1. The van der Waals surface area contributed by atoms with Gasteiger partial charge in [-0.15, -0.1) is 0 Å². The lowest BCUT2D eigenvalue weighted by Crippen LogP contribution is -2.39. The molecule has 0 aliphatic carbocycles.